The fourth-order valence-electron chi connectivity index (χ4n) is 2.66. The molecule has 132 valence electrons. The number of rotatable bonds is 5. The minimum atomic E-state index is -1.30. The Kier molecular flexibility index (Phi) is 5.23. The Morgan fingerprint density at radius 1 is 1.33 bits per heavy atom. The Bertz CT molecular complexity index is 738. The summed E-state index contributed by atoms with van der Waals surface area (Å²) in [6.07, 6.45) is -0.829. The molecule has 1 aliphatic rings. The number of carbonyl (C=O) groups is 2. The fourth-order valence-corrected chi connectivity index (χ4v) is 2.66. The molecule has 24 heavy (non-hydrogen) atoms. The molecular weight excluding hydrogens is 320 g/mol. The molecule has 2 heterocycles. The van der Waals surface area contributed by atoms with Crippen LogP contribution in [0.2, 0.25) is 0 Å². The molecule has 0 aliphatic carbocycles. The van der Waals surface area contributed by atoms with Crippen molar-refractivity contribution in [2.75, 3.05) is 13.2 Å². The van der Waals surface area contributed by atoms with Crippen molar-refractivity contribution < 1.29 is 23.8 Å². The number of H-pyrrole nitrogens is 1. The second kappa shape index (κ2) is 7.00. The van der Waals surface area contributed by atoms with Gasteiger partial charge in [-0.15, -0.1) is 0 Å². The van der Waals surface area contributed by atoms with Gasteiger partial charge in [0.25, 0.3) is 5.56 Å². The number of aromatic amines is 1. The van der Waals surface area contributed by atoms with Crippen LogP contribution in [-0.2, 0) is 23.8 Å². The molecule has 1 aromatic heterocycles. The van der Waals surface area contributed by atoms with Crippen molar-refractivity contribution in [1.29, 1.82) is 0 Å². The summed E-state index contributed by atoms with van der Waals surface area (Å²) in [5, 5.41) is 0. The van der Waals surface area contributed by atoms with E-state index in [2.05, 4.69) is 4.98 Å². The minimum absolute atomic E-state index is 0.0290. The molecule has 0 saturated carbocycles. The summed E-state index contributed by atoms with van der Waals surface area (Å²) in [5.74, 6) is -1.31. The van der Waals surface area contributed by atoms with Crippen molar-refractivity contribution in [2.45, 2.75) is 39.5 Å². The van der Waals surface area contributed by atoms with Crippen molar-refractivity contribution in [2.24, 2.45) is 5.41 Å². The molecule has 3 atom stereocenters. The highest BCUT2D eigenvalue weighted by molar-refractivity contribution is 5.87. The van der Waals surface area contributed by atoms with Crippen LogP contribution in [0.3, 0.4) is 0 Å². The summed E-state index contributed by atoms with van der Waals surface area (Å²) >= 11 is 0. The third kappa shape index (κ3) is 3.25. The van der Waals surface area contributed by atoms with E-state index in [1.807, 2.05) is 0 Å². The lowest BCUT2D eigenvalue weighted by Crippen LogP contribution is -2.43. The average Bonchev–Trinajstić information content (AvgIpc) is 2.87. The standard InChI is InChI=1S/C15H20N2O7/c1-4-22-12(19)11-15(3,13(20)23-5-2)8-10(24-11)17-7-6-9(18)16-14(17)21/h6-7,10-11H,4-5,8H2,1-3H3,(H,16,18,21)/t10-,11-,15+/m0/s1. The van der Waals surface area contributed by atoms with Crippen LogP contribution in [0, 0.1) is 5.41 Å². The molecule has 9 nitrogen and oxygen atoms in total. The van der Waals surface area contributed by atoms with Gasteiger partial charge in [-0.25, -0.2) is 9.59 Å². The largest absolute Gasteiger partial charge is 0.465 e. The van der Waals surface area contributed by atoms with Crippen LogP contribution in [0.25, 0.3) is 0 Å². The van der Waals surface area contributed by atoms with Gasteiger partial charge in [0.05, 0.1) is 13.2 Å². The first kappa shape index (κ1) is 17.9. The van der Waals surface area contributed by atoms with Crippen LogP contribution in [0.5, 0.6) is 0 Å². The molecule has 0 aromatic carbocycles. The van der Waals surface area contributed by atoms with Gasteiger partial charge in [0.2, 0.25) is 0 Å². The SMILES string of the molecule is CCOC(=O)[C@@H]1O[C@H](n2ccc(=O)[nH]c2=O)C[C@@]1(C)C(=O)OCC. The number of hydrogen-bond donors (Lipinski definition) is 1. The number of nitrogens with zero attached hydrogens (tertiary/aromatic N) is 1. The van der Waals surface area contributed by atoms with E-state index in [1.165, 1.54) is 13.1 Å². The lowest BCUT2D eigenvalue weighted by molar-refractivity contribution is -0.172. The topological polar surface area (TPSA) is 117 Å². The molecule has 1 saturated heterocycles. The van der Waals surface area contributed by atoms with Crippen LogP contribution < -0.4 is 11.2 Å². The summed E-state index contributed by atoms with van der Waals surface area (Å²) < 4.78 is 16.8. The highest BCUT2D eigenvalue weighted by Gasteiger charge is 2.56. The second-order valence-electron chi connectivity index (χ2n) is 5.58. The Labute approximate surface area is 137 Å². The maximum Gasteiger partial charge on any atom is 0.336 e. The molecule has 1 aliphatic heterocycles. The number of ether oxygens (including phenoxy) is 3. The van der Waals surface area contributed by atoms with Gasteiger partial charge in [-0.2, -0.15) is 0 Å². The number of aromatic nitrogens is 2. The third-order valence-corrected chi connectivity index (χ3v) is 3.87. The van der Waals surface area contributed by atoms with E-state index in [1.54, 1.807) is 13.8 Å². The Morgan fingerprint density at radius 2 is 2.00 bits per heavy atom. The van der Waals surface area contributed by atoms with Gasteiger partial charge in [0.1, 0.15) is 11.6 Å². The normalized spacial score (nSPS) is 26.1. The molecule has 0 radical (unpaired) electrons. The van der Waals surface area contributed by atoms with Crippen molar-refractivity contribution in [3.8, 4) is 0 Å². The molecule has 2 rings (SSSR count). The molecule has 9 heteroatoms. The van der Waals surface area contributed by atoms with Crippen LogP contribution >= 0.6 is 0 Å². The molecule has 0 unspecified atom stereocenters. The van der Waals surface area contributed by atoms with E-state index in [4.69, 9.17) is 14.2 Å². The first-order valence-electron chi connectivity index (χ1n) is 7.64. The molecule has 1 N–H and O–H groups in total. The van der Waals surface area contributed by atoms with Gasteiger partial charge in [0.15, 0.2) is 6.10 Å². The van der Waals surface area contributed by atoms with E-state index in [0.717, 1.165) is 10.6 Å². The number of carbonyl (C=O) groups excluding carboxylic acids is 2. The minimum Gasteiger partial charge on any atom is -0.465 e. The molecule has 1 aromatic rings. The third-order valence-electron chi connectivity index (χ3n) is 3.87. The summed E-state index contributed by atoms with van der Waals surface area (Å²) in [7, 11) is 0. The number of nitrogens with one attached hydrogen (secondary N) is 1. The molecule has 0 bridgehead atoms. The molecule has 0 spiro atoms. The van der Waals surface area contributed by atoms with Gasteiger partial charge in [-0.1, -0.05) is 0 Å². The van der Waals surface area contributed by atoms with Crippen LogP contribution in [0.15, 0.2) is 21.9 Å². The highest BCUT2D eigenvalue weighted by Crippen LogP contribution is 2.44. The maximum absolute atomic E-state index is 12.3. The van der Waals surface area contributed by atoms with Gasteiger partial charge in [-0.05, 0) is 20.8 Å². The van der Waals surface area contributed by atoms with Crippen LogP contribution in [0.4, 0.5) is 0 Å². The van der Waals surface area contributed by atoms with E-state index < -0.39 is 40.9 Å². The van der Waals surface area contributed by atoms with Crippen LogP contribution in [-0.4, -0.2) is 40.8 Å². The maximum atomic E-state index is 12.3. The van der Waals surface area contributed by atoms with E-state index in [0.29, 0.717) is 0 Å². The Morgan fingerprint density at radius 3 is 2.58 bits per heavy atom. The first-order chi connectivity index (χ1) is 11.3. The van der Waals surface area contributed by atoms with E-state index in [-0.39, 0.29) is 19.6 Å². The lowest BCUT2D eigenvalue weighted by atomic mass is 9.82. The van der Waals surface area contributed by atoms with Crippen LogP contribution in [0.1, 0.15) is 33.4 Å². The zero-order valence-electron chi connectivity index (χ0n) is 13.7. The molecular formula is C15H20N2O7. The van der Waals surface area contributed by atoms with Gasteiger partial charge < -0.3 is 14.2 Å². The Hall–Kier alpha value is -2.42. The van der Waals surface area contributed by atoms with Crippen molar-refractivity contribution in [1.82, 2.24) is 9.55 Å². The predicted octanol–water partition coefficient (Wildman–Crippen LogP) is -0.0434. The highest BCUT2D eigenvalue weighted by atomic mass is 16.6. The van der Waals surface area contributed by atoms with Crippen molar-refractivity contribution >= 4 is 11.9 Å². The first-order valence-corrected chi connectivity index (χ1v) is 7.64. The van der Waals surface area contributed by atoms with Crippen molar-refractivity contribution in [3.63, 3.8) is 0 Å². The quantitative estimate of drug-likeness (QED) is 0.747. The summed E-state index contributed by atoms with van der Waals surface area (Å²) in [4.78, 5) is 49.7. The number of hydrogen-bond acceptors (Lipinski definition) is 7. The molecule has 0 amide bonds. The summed E-state index contributed by atoms with van der Waals surface area (Å²) in [5.41, 5.74) is -2.55. The molecule has 1 fully saturated rings. The zero-order chi connectivity index (χ0) is 17.9. The average molecular weight is 340 g/mol. The van der Waals surface area contributed by atoms with Gasteiger partial charge in [0, 0.05) is 18.7 Å². The van der Waals surface area contributed by atoms with E-state index in [9.17, 15) is 19.2 Å². The van der Waals surface area contributed by atoms with E-state index >= 15 is 0 Å². The van der Waals surface area contributed by atoms with Crippen molar-refractivity contribution in [3.05, 3.63) is 33.1 Å². The summed E-state index contributed by atoms with van der Waals surface area (Å²) in [6, 6.07) is 1.16. The smallest absolute Gasteiger partial charge is 0.336 e. The fraction of sp³-hybridized carbons (Fsp3) is 0.600. The lowest BCUT2D eigenvalue weighted by Gasteiger charge is -2.25. The van der Waals surface area contributed by atoms with Gasteiger partial charge in [-0.3, -0.25) is 19.1 Å². The number of esters is 2. The summed E-state index contributed by atoms with van der Waals surface area (Å²) in [6.45, 7) is 5.09. The second-order valence-corrected chi connectivity index (χ2v) is 5.58. The monoisotopic (exact) mass is 340 g/mol. The predicted molar refractivity (Wildman–Crippen MR) is 81.2 cm³/mol. The Balaban J connectivity index is 2.38. The van der Waals surface area contributed by atoms with Gasteiger partial charge >= 0.3 is 17.6 Å². The zero-order valence-corrected chi connectivity index (χ0v) is 13.7.